The van der Waals surface area contributed by atoms with E-state index in [1.165, 1.54) is 130 Å². The lowest BCUT2D eigenvalue weighted by Crippen LogP contribution is -1.93. The molecule has 13 rings (SSSR count). The Morgan fingerprint density at radius 1 is 0.241 bits per heavy atom. The van der Waals surface area contributed by atoms with Gasteiger partial charge in [-0.3, -0.25) is 0 Å². The predicted molar refractivity (Wildman–Crippen MR) is 251 cm³/mol. The Kier molecular flexibility index (Phi) is 6.65. The third kappa shape index (κ3) is 4.40. The molecule has 0 aromatic heterocycles. The maximum absolute atomic E-state index is 2.53. The van der Waals surface area contributed by atoms with Gasteiger partial charge in [-0.15, -0.1) is 0 Å². The lowest BCUT2D eigenvalue weighted by Gasteiger charge is -2.19. The third-order valence-electron chi connectivity index (χ3n) is 13.2. The zero-order valence-corrected chi connectivity index (χ0v) is 31.9. The van der Waals surface area contributed by atoms with Gasteiger partial charge in [0, 0.05) is 0 Å². The second-order valence-electron chi connectivity index (χ2n) is 16.2. The molecule has 0 aliphatic carbocycles. The Hall–Kier alpha value is -7.28. The second kappa shape index (κ2) is 12.1. The van der Waals surface area contributed by atoms with Gasteiger partial charge in [-0.2, -0.15) is 0 Å². The first-order valence-electron chi connectivity index (χ1n) is 20.6. The SMILES string of the molecule is c1ccc(-c2c3cc4c5ccccc5c5cccc(c3c(-c3ccccc3)c3c6cc7ccc(CCc8cccc9ccccc89)cc7c7cccc(c23)c76)c54)cc1. The first-order valence-corrected chi connectivity index (χ1v) is 20.6. The van der Waals surface area contributed by atoms with Gasteiger partial charge in [-0.25, -0.2) is 0 Å². The van der Waals surface area contributed by atoms with E-state index < -0.39 is 0 Å². The molecule has 0 radical (unpaired) electrons. The van der Waals surface area contributed by atoms with Gasteiger partial charge < -0.3 is 0 Å². The summed E-state index contributed by atoms with van der Waals surface area (Å²) in [5.74, 6) is 0. The van der Waals surface area contributed by atoms with Crippen LogP contribution in [0.5, 0.6) is 0 Å². The van der Waals surface area contributed by atoms with Crippen molar-refractivity contribution in [2.75, 3.05) is 0 Å². The minimum Gasteiger partial charge on any atom is -0.0622 e. The molecule has 0 N–H and O–H groups in total. The fourth-order valence-corrected chi connectivity index (χ4v) is 10.8. The monoisotopic (exact) mass is 732 g/mol. The Labute approximate surface area is 335 Å². The van der Waals surface area contributed by atoms with Gasteiger partial charge in [0.1, 0.15) is 0 Å². The van der Waals surface area contributed by atoms with E-state index in [2.05, 4.69) is 194 Å². The van der Waals surface area contributed by atoms with Crippen LogP contribution >= 0.6 is 0 Å². The summed E-state index contributed by atoms with van der Waals surface area (Å²) in [6.07, 6.45) is 2.00. The number of hydrogen-bond acceptors (Lipinski definition) is 0. The van der Waals surface area contributed by atoms with Gasteiger partial charge in [0.15, 0.2) is 0 Å². The van der Waals surface area contributed by atoms with Gasteiger partial charge in [-0.1, -0.05) is 182 Å². The Bertz CT molecular complexity index is 3760. The van der Waals surface area contributed by atoms with Crippen molar-refractivity contribution < 1.29 is 0 Å². The lowest BCUT2D eigenvalue weighted by atomic mass is 9.84. The molecule has 0 saturated carbocycles. The van der Waals surface area contributed by atoms with Crippen LogP contribution in [0.1, 0.15) is 11.1 Å². The summed E-state index contributed by atoms with van der Waals surface area (Å²) in [7, 11) is 0. The van der Waals surface area contributed by atoms with Crippen LogP contribution in [0.15, 0.2) is 194 Å². The van der Waals surface area contributed by atoms with Crippen LogP contribution in [0, 0.1) is 0 Å². The normalized spacial score (nSPS) is 12.3. The fraction of sp³-hybridized carbons (Fsp3) is 0.0345. The third-order valence-corrected chi connectivity index (χ3v) is 13.2. The fourth-order valence-electron chi connectivity index (χ4n) is 10.8. The van der Waals surface area contributed by atoms with Crippen LogP contribution in [0.25, 0.3) is 119 Å². The van der Waals surface area contributed by atoms with Gasteiger partial charge in [0.05, 0.1) is 0 Å². The summed E-state index contributed by atoms with van der Waals surface area (Å²) in [6.45, 7) is 0. The van der Waals surface area contributed by atoms with Crippen molar-refractivity contribution in [3.8, 4) is 22.3 Å². The first-order chi connectivity index (χ1) is 28.8. The molecule has 0 spiro atoms. The molecule has 0 aliphatic rings. The molecule has 58 heavy (non-hydrogen) atoms. The zero-order valence-electron chi connectivity index (χ0n) is 31.9. The van der Waals surface area contributed by atoms with Crippen molar-refractivity contribution in [1.29, 1.82) is 0 Å². The lowest BCUT2D eigenvalue weighted by molar-refractivity contribution is 0.971. The number of aryl methyl sites for hydroxylation is 2. The zero-order chi connectivity index (χ0) is 37.9. The Balaban J connectivity index is 1.17. The average molecular weight is 733 g/mol. The molecule has 0 atom stereocenters. The van der Waals surface area contributed by atoms with Crippen molar-refractivity contribution in [1.82, 2.24) is 0 Å². The van der Waals surface area contributed by atoms with Crippen LogP contribution in [-0.4, -0.2) is 0 Å². The first kappa shape index (κ1) is 31.9. The molecule has 13 aromatic rings. The molecule has 268 valence electrons. The molecule has 0 aliphatic heterocycles. The standard InChI is InChI=1S/C58H36/c1-3-15-38(16-4-1)52-51-34-49-43-23-10-9-22-42(43)44-24-12-26-46(54(44)49)56(51)53(39-17-5-2-6-18-39)58-50-33-40-31-29-35(28-30-37-20-11-19-36-14-7-8-21-41(36)37)32-48(40)45-25-13-27-47(55(45)50)57(52)58/h1-27,29,31-34H,28,30H2. The van der Waals surface area contributed by atoms with Crippen molar-refractivity contribution in [3.63, 3.8) is 0 Å². The number of rotatable bonds is 5. The largest absolute Gasteiger partial charge is 0.0622 e. The topological polar surface area (TPSA) is 0 Å². The van der Waals surface area contributed by atoms with E-state index in [1.807, 2.05) is 0 Å². The minimum absolute atomic E-state index is 0.995. The predicted octanol–water partition coefficient (Wildman–Crippen LogP) is 16.1. The van der Waals surface area contributed by atoms with Gasteiger partial charge in [0.2, 0.25) is 0 Å². The summed E-state index contributed by atoms with van der Waals surface area (Å²) in [6, 6.07) is 73.1. The van der Waals surface area contributed by atoms with Gasteiger partial charge in [0.25, 0.3) is 0 Å². The maximum Gasteiger partial charge on any atom is -0.000697 e. The van der Waals surface area contributed by atoms with E-state index >= 15 is 0 Å². The minimum atomic E-state index is 0.995. The van der Waals surface area contributed by atoms with E-state index in [9.17, 15) is 0 Å². The van der Waals surface area contributed by atoms with E-state index in [1.54, 1.807) is 0 Å². The van der Waals surface area contributed by atoms with Crippen molar-refractivity contribution >= 4 is 97.0 Å². The molecule has 0 heterocycles. The van der Waals surface area contributed by atoms with Crippen LogP contribution in [0.2, 0.25) is 0 Å². The van der Waals surface area contributed by atoms with E-state index in [-0.39, 0.29) is 0 Å². The van der Waals surface area contributed by atoms with Crippen molar-refractivity contribution in [2.24, 2.45) is 0 Å². The summed E-state index contributed by atoms with van der Waals surface area (Å²) in [4.78, 5) is 0. The molecular formula is C58H36. The highest BCUT2D eigenvalue weighted by molar-refractivity contribution is 6.46. The van der Waals surface area contributed by atoms with Crippen molar-refractivity contribution in [2.45, 2.75) is 12.8 Å². The molecule has 0 nitrogen and oxygen atoms in total. The van der Waals surface area contributed by atoms with Gasteiger partial charge in [-0.05, 0) is 155 Å². The van der Waals surface area contributed by atoms with Crippen LogP contribution in [-0.2, 0) is 12.8 Å². The highest BCUT2D eigenvalue weighted by Gasteiger charge is 2.27. The Morgan fingerprint density at radius 3 is 1.57 bits per heavy atom. The van der Waals surface area contributed by atoms with Gasteiger partial charge >= 0.3 is 0 Å². The molecule has 0 amide bonds. The van der Waals surface area contributed by atoms with Crippen LogP contribution in [0.4, 0.5) is 0 Å². The number of benzene rings is 11. The van der Waals surface area contributed by atoms with Crippen LogP contribution in [0.3, 0.4) is 0 Å². The molecule has 0 bridgehead atoms. The summed E-state index contributed by atoms with van der Waals surface area (Å²) < 4.78 is 0. The summed E-state index contributed by atoms with van der Waals surface area (Å²) in [5.41, 5.74) is 7.94. The quantitative estimate of drug-likeness (QED) is 0.155. The summed E-state index contributed by atoms with van der Waals surface area (Å²) in [5, 5.41) is 24.0. The molecular weight excluding hydrogens is 697 g/mol. The smallest absolute Gasteiger partial charge is 0.000697 e. The molecule has 0 unspecified atom stereocenters. The number of hydrogen-bond donors (Lipinski definition) is 0. The maximum atomic E-state index is 2.53. The van der Waals surface area contributed by atoms with Crippen molar-refractivity contribution in [3.05, 3.63) is 205 Å². The molecule has 0 saturated heterocycles. The molecule has 0 heteroatoms. The summed E-state index contributed by atoms with van der Waals surface area (Å²) >= 11 is 0. The second-order valence-corrected chi connectivity index (χ2v) is 16.2. The van der Waals surface area contributed by atoms with Crippen LogP contribution < -0.4 is 0 Å². The molecule has 13 aromatic carbocycles. The number of fused-ring (bicyclic) bond motifs is 11. The van der Waals surface area contributed by atoms with E-state index in [4.69, 9.17) is 0 Å². The molecule has 0 fully saturated rings. The highest BCUT2D eigenvalue weighted by atomic mass is 14.3. The van der Waals surface area contributed by atoms with E-state index in [0.29, 0.717) is 0 Å². The Morgan fingerprint density at radius 2 is 0.793 bits per heavy atom. The highest BCUT2D eigenvalue weighted by Crippen LogP contribution is 2.55. The van der Waals surface area contributed by atoms with E-state index in [0.717, 1.165) is 12.8 Å². The average Bonchev–Trinajstić information content (AvgIpc) is 3.79.